The van der Waals surface area contributed by atoms with Gasteiger partial charge in [0.1, 0.15) is 18.5 Å². The number of piperazine rings is 1. The first-order valence-corrected chi connectivity index (χ1v) is 11.4. The lowest BCUT2D eigenvalue weighted by Crippen LogP contribution is -2.52. The second-order valence-electron chi connectivity index (χ2n) is 7.52. The Morgan fingerprint density at radius 3 is 2.81 bits per heavy atom. The van der Waals surface area contributed by atoms with Gasteiger partial charge in [0.2, 0.25) is 0 Å². The van der Waals surface area contributed by atoms with Gasteiger partial charge < -0.3 is 20.1 Å². The van der Waals surface area contributed by atoms with Crippen molar-refractivity contribution in [1.29, 1.82) is 0 Å². The van der Waals surface area contributed by atoms with Crippen molar-refractivity contribution in [1.82, 2.24) is 14.8 Å². The number of para-hydroxylation sites is 1. The molecule has 2 heterocycles. The third-order valence-electron chi connectivity index (χ3n) is 5.15. The van der Waals surface area contributed by atoms with Crippen molar-refractivity contribution in [3.05, 3.63) is 52.5 Å². The summed E-state index contributed by atoms with van der Waals surface area (Å²) >= 11 is 7.76. The molecule has 0 radical (unpaired) electrons. The number of nitrogens with zero attached hydrogens (tertiary/aromatic N) is 3. The third kappa shape index (κ3) is 5.65. The Bertz CT molecular complexity index is 1050. The minimum Gasteiger partial charge on any atom is -0.491 e. The van der Waals surface area contributed by atoms with Gasteiger partial charge in [0.05, 0.1) is 25.9 Å². The molecule has 9 heteroatoms. The summed E-state index contributed by atoms with van der Waals surface area (Å²) in [5, 5.41) is 14.8. The van der Waals surface area contributed by atoms with E-state index in [0.717, 1.165) is 15.2 Å². The molecule has 0 spiro atoms. The molecule has 1 fully saturated rings. The maximum Gasteiger partial charge on any atom is 0.321 e. The number of rotatable bonds is 6. The minimum absolute atomic E-state index is 0.163. The van der Waals surface area contributed by atoms with Crippen molar-refractivity contribution < 1.29 is 14.6 Å². The predicted molar refractivity (Wildman–Crippen MR) is 124 cm³/mol. The van der Waals surface area contributed by atoms with Gasteiger partial charge >= 0.3 is 6.03 Å². The number of halogens is 1. The van der Waals surface area contributed by atoms with E-state index in [9.17, 15) is 9.90 Å². The number of nitrogens with one attached hydrogen (secondary N) is 1. The largest absolute Gasteiger partial charge is 0.491 e. The number of thiazole rings is 1. The van der Waals surface area contributed by atoms with Crippen molar-refractivity contribution in [2.45, 2.75) is 13.0 Å². The van der Waals surface area contributed by atoms with Crippen molar-refractivity contribution in [2.75, 3.05) is 44.6 Å². The van der Waals surface area contributed by atoms with E-state index >= 15 is 0 Å². The van der Waals surface area contributed by atoms with Crippen LogP contribution >= 0.6 is 22.9 Å². The highest BCUT2D eigenvalue weighted by Gasteiger charge is 2.23. The van der Waals surface area contributed by atoms with E-state index in [2.05, 4.69) is 15.2 Å². The number of anilines is 1. The van der Waals surface area contributed by atoms with E-state index in [1.54, 1.807) is 28.4 Å². The molecule has 4 rings (SSSR count). The highest BCUT2D eigenvalue weighted by molar-refractivity contribution is 7.18. The number of benzene rings is 2. The quantitative estimate of drug-likeness (QED) is 0.584. The molecule has 3 aromatic rings. The zero-order chi connectivity index (χ0) is 21.8. The summed E-state index contributed by atoms with van der Waals surface area (Å²) < 4.78 is 6.89. The van der Waals surface area contributed by atoms with Gasteiger partial charge in [0.15, 0.2) is 0 Å². The van der Waals surface area contributed by atoms with E-state index in [-0.39, 0.29) is 12.6 Å². The summed E-state index contributed by atoms with van der Waals surface area (Å²) in [7, 11) is 0. The Morgan fingerprint density at radius 2 is 2.03 bits per heavy atom. The molecular formula is C22H25ClN4O3S. The summed E-state index contributed by atoms with van der Waals surface area (Å²) in [4.78, 5) is 20.8. The monoisotopic (exact) mass is 460 g/mol. The number of aliphatic hydroxyl groups is 1. The number of carbonyl (C=O) groups is 1. The number of amides is 2. The summed E-state index contributed by atoms with van der Waals surface area (Å²) in [5.74, 6) is 0.706. The van der Waals surface area contributed by atoms with Gasteiger partial charge in [-0.1, -0.05) is 23.7 Å². The summed E-state index contributed by atoms with van der Waals surface area (Å²) in [6.07, 6.45) is -0.614. The van der Waals surface area contributed by atoms with Gasteiger partial charge in [-0.2, -0.15) is 0 Å². The molecule has 7 nitrogen and oxygen atoms in total. The average Bonchev–Trinajstić information content (AvgIpc) is 3.13. The van der Waals surface area contributed by atoms with Crippen LogP contribution in [0.1, 0.15) is 5.01 Å². The van der Waals surface area contributed by atoms with Gasteiger partial charge in [0, 0.05) is 38.8 Å². The van der Waals surface area contributed by atoms with E-state index in [1.807, 2.05) is 37.3 Å². The molecule has 0 saturated carbocycles. The normalized spacial score (nSPS) is 15.8. The number of hydrogen-bond donors (Lipinski definition) is 2. The zero-order valence-corrected chi connectivity index (χ0v) is 18.8. The van der Waals surface area contributed by atoms with Crippen LogP contribution in [0.25, 0.3) is 10.2 Å². The van der Waals surface area contributed by atoms with Crippen molar-refractivity contribution in [3.63, 3.8) is 0 Å². The van der Waals surface area contributed by atoms with Crippen LogP contribution < -0.4 is 10.1 Å². The van der Waals surface area contributed by atoms with Crippen molar-refractivity contribution in [3.8, 4) is 5.75 Å². The van der Waals surface area contributed by atoms with Crippen LogP contribution in [0, 0.1) is 6.92 Å². The number of aryl methyl sites for hydroxylation is 1. The van der Waals surface area contributed by atoms with E-state index in [1.165, 1.54) is 0 Å². The number of ether oxygens (including phenoxy) is 1. The fraction of sp³-hybridized carbons (Fsp3) is 0.364. The molecule has 1 saturated heterocycles. The van der Waals surface area contributed by atoms with Crippen LogP contribution in [0.2, 0.25) is 5.02 Å². The first-order chi connectivity index (χ1) is 15.0. The topological polar surface area (TPSA) is 77.9 Å². The SMILES string of the molecule is Cc1nc2cc(OC[C@H](O)CN3CCN(C(=O)Nc4ccccc4Cl)CC3)ccc2s1. The molecule has 31 heavy (non-hydrogen) atoms. The van der Waals surface area contributed by atoms with Crippen LogP contribution in [0.4, 0.5) is 10.5 Å². The van der Waals surface area contributed by atoms with Crippen molar-refractivity contribution >= 4 is 44.9 Å². The molecule has 2 aromatic carbocycles. The smallest absolute Gasteiger partial charge is 0.321 e. The molecule has 1 aromatic heterocycles. The molecule has 2 amide bonds. The summed E-state index contributed by atoms with van der Waals surface area (Å²) in [5.41, 5.74) is 1.52. The van der Waals surface area contributed by atoms with E-state index < -0.39 is 6.10 Å². The Morgan fingerprint density at radius 1 is 1.26 bits per heavy atom. The standard InChI is InChI=1S/C22H25ClN4O3S/c1-15-24-20-12-17(6-7-21(20)31-15)30-14-16(28)13-26-8-10-27(11-9-26)22(29)25-19-5-3-2-4-18(19)23/h2-7,12,16,28H,8-11,13-14H2,1H3,(H,25,29)/t16-/m1/s1. The maximum atomic E-state index is 12.5. The number of aromatic nitrogens is 1. The fourth-order valence-corrected chi connectivity index (χ4v) is 4.54. The van der Waals surface area contributed by atoms with Gasteiger partial charge in [0.25, 0.3) is 0 Å². The molecule has 0 aliphatic carbocycles. The highest BCUT2D eigenvalue weighted by atomic mass is 35.5. The first kappa shape index (κ1) is 21.8. The Labute approximate surface area is 190 Å². The molecule has 1 aliphatic rings. The third-order valence-corrected chi connectivity index (χ3v) is 6.43. The Hall–Kier alpha value is -2.39. The molecule has 1 aliphatic heterocycles. The second kappa shape index (κ2) is 9.82. The molecule has 0 bridgehead atoms. The van der Waals surface area contributed by atoms with Crippen LogP contribution in [-0.4, -0.2) is 71.4 Å². The van der Waals surface area contributed by atoms with Crippen LogP contribution in [0.15, 0.2) is 42.5 Å². The van der Waals surface area contributed by atoms with Crippen LogP contribution in [0.3, 0.4) is 0 Å². The number of urea groups is 1. The molecule has 0 unspecified atom stereocenters. The minimum atomic E-state index is -0.614. The second-order valence-corrected chi connectivity index (χ2v) is 9.17. The zero-order valence-electron chi connectivity index (χ0n) is 17.3. The lowest BCUT2D eigenvalue weighted by atomic mass is 10.2. The number of β-amino-alcohol motifs (C(OH)–C–C–N with tert-alkyl or cyclic N) is 1. The lowest BCUT2D eigenvalue weighted by molar-refractivity contribution is 0.0526. The molecular weight excluding hydrogens is 436 g/mol. The molecule has 164 valence electrons. The first-order valence-electron chi connectivity index (χ1n) is 10.2. The van der Waals surface area contributed by atoms with Gasteiger partial charge in [-0.15, -0.1) is 11.3 Å². The fourth-order valence-electron chi connectivity index (χ4n) is 3.55. The molecule has 2 N–H and O–H groups in total. The van der Waals surface area contributed by atoms with Gasteiger partial charge in [-0.25, -0.2) is 9.78 Å². The number of fused-ring (bicyclic) bond motifs is 1. The molecule has 1 atom stereocenters. The summed E-state index contributed by atoms with van der Waals surface area (Å²) in [6.45, 7) is 5.25. The van der Waals surface area contributed by atoms with Gasteiger partial charge in [-0.05, 0) is 31.2 Å². The summed E-state index contributed by atoms with van der Waals surface area (Å²) in [6, 6.07) is 12.8. The number of carbonyl (C=O) groups excluding carboxylic acids is 1. The predicted octanol–water partition coefficient (Wildman–Crippen LogP) is 3.85. The van der Waals surface area contributed by atoms with Gasteiger partial charge in [-0.3, -0.25) is 4.90 Å². The highest BCUT2D eigenvalue weighted by Crippen LogP contribution is 2.25. The Balaban J connectivity index is 1.21. The lowest BCUT2D eigenvalue weighted by Gasteiger charge is -2.35. The number of aliphatic hydroxyl groups excluding tert-OH is 1. The van der Waals surface area contributed by atoms with Crippen molar-refractivity contribution in [2.24, 2.45) is 0 Å². The van der Waals surface area contributed by atoms with E-state index in [0.29, 0.717) is 49.2 Å². The maximum absolute atomic E-state index is 12.5. The van der Waals surface area contributed by atoms with E-state index in [4.69, 9.17) is 16.3 Å². The number of hydrogen-bond acceptors (Lipinski definition) is 6. The van der Waals surface area contributed by atoms with Crippen LogP contribution in [0.5, 0.6) is 5.75 Å². The Kier molecular flexibility index (Phi) is 6.92. The van der Waals surface area contributed by atoms with Crippen LogP contribution in [-0.2, 0) is 0 Å². The average molecular weight is 461 g/mol.